The fourth-order valence-electron chi connectivity index (χ4n) is 3.16. The highest BCUT2D eigenvalue weighted by atomic mass is 32.1. The molecule has 0 radical (unpaired) electrons. The van der Waals surface area contributed by atoms with E-state index in [1.807, 2.05) is 0 Å². The maximum absolute atomic E-state index is 14.4. The van der Waals surface area contributed by atoms with Crippen molar-refractivity contribution in [3.05, 3.63) is 59.2 Å². The van der Waals surface area contributed by atoms with Gasteiger partial charge in [-0.1, -0.05) is 6.07 Å². The first-order valence-corrected chi connectivity index (χ1v) is 10.3. The average Bonchev–Trinajstić information content (AvgIpc) is 3.36. The molecule has 4 rings (SSSR count). The average molecular weight is 439 g/mol. The second-order valence-electron chi connectivity index (χ2n) is 6.80. The lowest BCUT2D eigenvalue weighted by molar-refractivity contribution is -0.114. The van der Waals surface area contributed by atoms with E-state index in [0.29, 0.717) is 40.9 Å². The number of benzene rings is 2. The number of nitrogens with one attached hydrogen (secondary N) is 3. The van der Waals surface area contributed by atoms with Gasteiger partial charge in [-0.2, -0.15) is 0 Å². The van der Waals surface area contributed by atoms with Crippen LogP contribution in [0.2, 0.25) is 0 Å². The van der Waals surface area contributed by atoms with Crippen molar-refractivity contribution in [3.63, 3.8) is 0 Å². The summed E-state index contributed by atoms with van der Waals surface area (Å²) < 4.78 is 14.4. The number of carbonyl (C=O) groups is 3. The Balaban J connectivity index is 1.49. The summed E-state index contributed by atoms with van der Waals surface area (Å²) in [5, 5.41) is 9.89. The molecule has 2 heterocycles. The highest BCUT2D eigenvalue weighted by Gasteiger charge is 2.22. The van der Waals surface area contributed by atoms with E-state index in [4.69, 9.17) is 0 Å². The van der Waals surface area contributed by atoms with Crippen LogP contribution >= 0.6 is 11.3 Å². The number of nitrogens with zero attached hydrogens (tertiary/aromatic N) is 2. The molecule has 158 valence electrons. The highest BCUT2D eigenvalue weighted by molar-refractivity contribution is 7.14. The van der Waals surface area contributed by atoms with Gasteiger partial charge in [0, 0.05) is 47.9 Å². The van der Waals surface area contributed by atoms with Crippen molar-refractivity contribution in [1.29, 1.82) is 0 Å². The van der Waals surface area contributed by atoms with E-state index in [1.165, 1.54) is 30.4 Å². The van der Waals surface area contributed by atoms with E-state index < -0.39 is 5.82 Å². The molecule has 4 amide bonds. The van der Waals surface area contributed by atoms with Gasteiger partial charge < -0.3 is 10.6 Å². The summed E-state index contributed by atoms with van der Waals surface area (Å²) in [6.07, 6.45) is 0. The molecule has 2 aromatic carbocycles. The van der Waals surface area contributed by atoms with Crippen molar-refractivity contribution in [3.8, 4) is 11.3 Å². The van der Waals surface area contributed by atoms with Gasteiger partial charge in [-0.15, -0.1) is 11.3 Å². The molecule has 10 heteroatoms. The lowest BCUT2D eigenvalue weighted by Crippen LogP contribution is -2.27. The van der Waals surface area contributed by atoms with Crippen LogP contribution in [0, 0.1) is 5.82 Å². The molecule has 1 aromatic heterocycles. The number of aromatic nitrogens is 1. The van der Waals surface area contributed by atoms with Gasteiger partial charge in [0.1, 0.15) is 5.82 Å². The monoisotopic (exact) mass is 439 g/mol. The molecule has 3 N–H and O–H groups in total. The third-order valence-corrected chi connectivity index (χ3v) is 5.32. The molecule has 1 saturated heterocycles. The van der Waals surface area contributed by atoms with Crippen LogP contribution < -0.4 is 20.9 Å². The molecular formula is C21H18FN5O3S. The third-order valence-electron chi connectivity index (χ3n) is 4.57. The normalized spacial score (nSPS) is 13.1. The van der Waals surface area contributed by atoms with E-state index in [9.17, 15) is 18.8 Å². The van der Waals surface area contributed by atoms with E-state index >= 15 is 0 Å². The van der Waals surface area contributed by atoms with E-state index in [1.54, 1.807) is 40.6 Å². The molecule has 1 aliphatic rings. The number of amides is 4. The topological polar surface area (TPSA) is 103 Å². The molecule has 3 aromatic rings. The standard InChI is InChI=1S/C21H18FN5O3S/c1-12(28)24-14-5-6-16(17(22)10-14)18-11-31-20(25-18)26-19(29)13-3-2-4-15(9-13)27-8-7-23-21(27)30/h2-6,9-11H,7-8H2,1H3,(H,23,30)(H,24,28)(H,25,26,29). The molecule has 0 aliphatic carbocycles. The Morgan fingerprint density at radius 1 is 1.19 bits per heavy atom. The van der Waals surface area contributed by atoms with E-state index in [2.05, 4.69) is 20.9 Å². The number of carbonyl (C=O) groups excluding carboxylic acids is 3. The van der Waals surface area contributed by atoms with Crippen molar-refractivity contribution in [2.24, 2.45) is 0 Å². The van der Waals surface area contributed by atoms with E-state index in [0.717, 1.165) is 0 Å². The summed E-state index contributed by atoms with van der Waals surface area (Å²) in [7, 11) is 0. The largest absolute Gasteiger partial charge is 0.336 e. The van der Waals surface area contributed by atoms with Crippen LogP contribution in [0.1, 0.15) is 17.3 Å². The number of hydrogen-bond acceptors (Lipinski definition) is 5. The molecule has 0 bridgehead atoms. The maximum atomic E-state index is 14.4. The first-order chi connectivity index (χ1) is 14.9. The predicted octanol–water partition coefficient (Wildman–Crippen LogP) is 3.69. The van der Waals surface area contributed by atoms with Gasteiger partial charge in [0.05, 0.1) is 5.69 Å². The summed E-state index contributed by atoms with van der Waals surface area (Å²) in [6.45, 7) is 2.43. The Labute approximate surface area is 181 Å². The summed E-state index contributed by atoms with van der Waals surface area (Å²) in [5.74, 6) is -1.21. The summed E-state index contributed by atoms with van der Waals surface area (Å²) in [6, 6.07) is 10.9. The molecule has 31 heavy (non-hydrogen) atoms. The van der Waals surface area contributed by atoms with Crippen molar-refractivity contribution < 1.29 is 18.8 Å². The van der Waals surface area contributed by atoms with Crippen LogP contribution in [0.15, 0.2) is 47.8 Å². The fraction of sp³-hybridized carbons (Fsp3) is 0.143. The van der Waals surface area contributed by atoms with Crippen molar-refractivity contribution >= 4 is 45.7 Å². The molecule has 1 fully saturated rings. The van der Waals surface area contributed by atoms with Crippen LogP contribution in [0.3, 0.4) is 0 Å². The quantitative estimate of drug-likeness (QED) is 0.564. The Morgan fingerprint density at radius 3 is 2.74 bits per heavy atom. The number of hydrogen-bond donors (Lipinski definition) is 3. The van der Waals surface area contributed by atoms with Crippen molar-refractivity contribution in [1.82, 2.24) is 10.3 Å². The minimum Gasteiger partial charge on any atom is -0.336 e. The number of thiazole rings is 1. The molecule has 0 spiro atoms. The van der Waals surface area contributed by atoms with Gasteiger partial charge in [-0.3, -0.25) is 19.8 Å². The first kappa shape index (κ1) is 20.5. The molecule has 0 atom stereocenters. The first-order valence-electron chi connectivity index (χ1n) is 9.40. The molecule has 0 saturated carbocycles. The minimum atomic E-state index is -0.536. The smallest absolute Gasteiger partial charge is 0.321 e. The van der Waals surface area contributed by atoms with Crippen LogP contribution in [-0.4, -0.2) is 35.9 Å². The summed E-state index contributed by atoms with van der Waals surface area (Å²) >= 11 is 1.17. The lowest BCUT2D eigenvalue weighted by Gasteiger charge is -2.14. The third kappa shape index (κ3) is 4.53. The zero-order valence-electron chi connectivity index (χ0n) is 16.4. The Morgan fingerprint density at radius 2 is 2.03 bits per heavy atom. The molecule has 1 aliphatic heterocycles. The second-order valence-corrected chi connectivity index (χ2v) is 7.66. The second kappa shape index (κ2) is 8.52. The van der Waals surface area contributed by atoms with Crippen LogP contribution in [0.5, 0.6) is 0 Å². The van der Waals surface area contributed by atoms with Gasteiger partial charge >= 0.3 is 6.03 Å². The zero-order valence-corrected chi connectivity index (χ0v) is 17.3. The van der Waals surface area contributed by atoms with Crippen molar-refractivity contribution in [2.45, 2.75) is 6.92 Å². The molecule has 0 unspecified atom stereocenters. The Hall–Kier alpha value is -3.79. The van der Waals surface area contributed by atoms with E-state index in [-0.39, 0.29) is 23.4 Å². The predicted molar refractivity (Wildman–Crippen MR) is 117 cm³/mol. The van der Waals surface area contributed by atoms with Crippen LogP contribution in [0.25, 0.3) is 11.3 Å². The van der Waals surface area contributed by atoms with Gasteiger partial charge in [0.25, 0.3) is 5.91 Å². The number of halogens is 1. The van der Waals surface area contributed by atoms with Gasteiger partial charge in [0.15, 0.2) is 5.13 Å². The molecule has 8 nitrogen and oxygen atoms in total. The highest BCUT2D eigenvalue weighted by Crippen LogP contribution is 2.29. The molecular weight excluding hydrogens is 421 g/mol. The number of anilines is 3. The van der Waals surface area contributed by atoms with Crippen molar-refractivity contribution in [2.75, 3.05) is 28.6 Å². The summed E-state index contributed by atoms with van der Waals surface area (Å²) in [5.41, 5.74) is 1.98. The van der Waals surface area contributed by atoms with Crippen LogP contribution in [-0.2, 0) is 4.79 Å². The summed E-state index contributed by atoms with van der Waals surface area (Å²) in [4.78, 5) is 41.4. The van der Waals surface area contributed by atoms with Gasteiger partial charge in [0.2, 0.25) is 5.91 Å². The van der Waals surface area contributed by atoms with Gasteiger partial charge in [-0.25, -0.2) is 14.2 Å². The van der Waals surface area contributed by atoms with Gasteiger partial charge in [-0.05, 0) is 36.4 Å². The van der Waals surface area contributed by atoms with Crippen LogP contribution in [0.4, 0.5) is 25.7 Å². The Kier molecular flexibility index (Phi) is 5.63. The fourth-order valence-corrected chi connectivity index (χ4v) is 3.87. The maximum Gasteiger partial charge on any atom is 0.321 e. The zero-order chi connectivity index (χ0) is 22.0. The Bertz CT molecular complexity index is 1180. The minimum absolute atomic E-state index is 0.200. The lowest BCUT2D eigenvalue weighted by atomic mass is 10.1. The number of urea groups is 1. The number of rotatable bonds is 5. The SMILES string of the molecule is CC(=O)Nc1ccc(-c2csc(NC(=O)c3cccc(N4CCNC4=O)c3)n2)c(F)c1.